The van der Waals surface area contributed by atoms with Crippen molar-refractivity contribution in [3.05, 3.63) is 52.8 Å². The molecule has 0 radical (unpaired) electrons. The zero-order valence-electron chi connectivity index (χ0n) is 13.0. The number of carbonyl (C=O) groups is 1. The minimum absolute atomic E-state index is 0.378. The molecule has 3 aromatic rings. The molecular formula is C15H13BrFN7O. The molecular weight excluding hydrogens is 393 g/mol. The number of nitrogens with zero attached hydrogens (tertiary/aromatic N) is 4. The normalized spacial score (nSPS) is 10.4. The number of nitrogens with one attached hydrogen (secondary N) is 3. The lowest BCUT2D eigenvalue weighted by Crippen LogP contribution is -2.33. The first-order valence-electron chi connectivity index (χ1n) is 7.14. The van der Waals surface area contributed by atoms with Crippen LogP contribution in [0.2, 0.25) is 0 Å². The van der Waals surface area contributed by atoms with Gasteiger partial charge in [0, 0.05) is 22.8 Å². The Kier molecular flexibility index (Phi) is 4.89. The van der Waals surface area contributed by atoms with Gasteiger partial charge in [-0.2, -0.15) is 0 Å². The van der Waals surface area contributed by atoms with Crippen LogP contribution in [0.5, 0.6) is 0 Å². The summed E-state index contributed by atoms with van der Waals surface area (Å²) in [5, 5.41) is 14.0. The van der Waals surface area contributed by atoms with Crippen LogP contribution >= 0.6 is 15.9 Å². The topological polar surface area (TPSA) is 96.8 Å². The first kappa shape index (κ1) is 16.8. The number of urea groups is 1. The van der Waals surface area contributed by atoms with Crippen molar-refractivity contribution in [3.63, 3.8) is 0 Å². The Balaban J connectivity index is 1.64. The zero-order valence-corrected chi connectivity index (χ0v) is 14.6. The highest BCUT2D eigenvalue weighted by atomic mass is 79.9. The van der Waals surface area contributed by atoms with E-state index in [1.54, 1.807) is 25.2 Å². The Bertz CT molecular complexity index is 914. The summed E-state index contributed by atoms with van der Waals surface area (Å²) in [5.41, 5.74) is 7.03. The van der Waals surface area contributed by atoms with Crippen LogP contribution in [0.25, 0.3) is 11.4 Å². The Morgan fingerprint density at radius 2 is 2.08 bits per heavy atom. The maximum atomic E-state index is 13.0. The van der Waals surface area contributed by atoms with E-state index < -0.39 is 6.03 Å². The van der Waals surface area contributed by atoms with E-state index in [1.165, 1.54) is 22.9 Å². The van der Waals surface area contributed by atoms with E-state index in [0.717, 1.165) is 5.56 Å². The third kappa shape index (κ3) is 4.10. The Morgan fingerprint density at radius 3 is 2.80 bits per heavy atom. The number of hydrogen-bond donors (Lipinski definition) is 3. The summed E-state index contributed by atoms with van der Waals surface area (Å²) in [4.78, 5) is 12.0. The Hall–Kier alpha value is -3.01. The van der Waals surface area contributed by atoms with Gasteiger partial charge in [0.1, 0.15) is 5.82 Å². The number of hydrogen-bond acceptors (Lipinski definition) is 5. The lowest BCUT2D eigenvalue weighted by molar-refractivity contribution is 0.254. The van der Waals surface area contributed by atoms with Gasteiger partial charge >= 0.3 is 6.03 Å². The zero-order chi connectivity index (χ0) is 17.8. The maximum Gasteiger partial charge on any atom is 0.337 e. The number of hydrazine groups is 1. The second-order valence-electron chi connectivity index (χ2n) is 5.04. The van der Waals surface area contributed by atoms with Crippen molar-refractivity contribution in [1.29, 1.82) is 0 Å². The minimum Gasteiger partial charge on any atom is -0.307 e. The third-order valence-electron chi connectivity index (χ3n) is 3.24. The SMILES string of the molecule is Cn1nnnc1-c1cccc(NC(=O)NNc2ccc(F)cc2Br)c1. The fourth-order valence-electron chi connectivity index (χ4n) is 2.09. The quantitative estimate of drug-likeness (QED) is 0.579. The lowest BCUT2D eigenvalue weighted by Gasteiger charge is -2.11. The van der Waals surface area contributed by atoms with Crippen molar-refractivity contribution in [1.82, 2.24) is 25.6 Å². The van der Waals surface area contributed by atoms with Crippen molar-refractivity contribution in [3.8, 4) is 11.4 Å². The van der Waals surface area contributed by atoms with Crippen LogP contribution in [0.1, 0.15) is 0 Å². The molecule has 10 heteroatoms. The molecule has 25 heavy (non-hydrogen) atoms. The highest BCUT2D eigenvalue weighted by Crippen LogP contribution is 2.22. The average molecular weight is 406 g/mol. The molecule has 3 rings (SSSR count). The number of benzene rings is 2. The van der Waals surface area contributed by atoms with Gasteiger partial charge in [0.05, 0.1) is 5.69 Å². The van der Waals surface area contributed by atoms with Gasteiger partial charge in [-0.3, -0.25) is 10.9 Å². The summed E-state index contributed by atoms with van der Waals surface area (Å²) in [6, 6.07) is 10.7. The molecule has 128 valence electrons. The summed E-state index contributed by atoms with van der Waals surface area (Å²) in [6.45, 7) is 0. The van der Waals surface area contributed by atoms with E-state index in [2.05, 4.69) is 47.6 Å². The lowest BCUT2D eigenvalue weighted by atomic mass is 10.2. The third-order valence-corrected chi connectivity index (χ3v) is 3.90. The van der Waals surface area contributed by atoms with Gasteiger partial charge in [0.15, 0.2) is 5.82 Å². The van der Waals surface area contributed by atoms with Crippen LogP contribution in [-0.2, 0) is 7.05 Å². The van der Waals surface area contributed by atoms with Crippen molar-refractivity contribution < 1.29 is 9.18 Å². The molecule has 0 spiro atoms. The van der Waals surface area contributed by atoms with Crippen LogP contribution in [0.15, 0.2) is 46.9 Å². The number of rotatable bonds is 4. The predicted octanol–water partition coefficient (Wildman–Crippen LogP) is 2.93. The van der Waals surface area contributed by atoms with Gasteiger partial charge in [-0.25, -0.2) is 13.9 Å². The first-order chi connectivity index (χ1) is 12.0. The Morgan fingerprint density at radius 1 is 1.24 bits per heavy atom. The van der Waals surface area contributed by atoms with E-state index in [1.807, 2.05) is 6.07 Å². The molecule has 0 fully saturated rings. The van der Waals surface area contributed by atoms with E-state index in [9.17, 15) is 9.18 Å². The van der Waals surface area contributed by atoms with E-state index in [4.69, 9.17) is 0 Å². The number of anilines is 2. The van der Waals surface area contributed by atoms with Crippen LogP contribution in [0.4, 0.5) is 20.6 Å². The standard InChI is InChI=1S/C15H13BrFN7O/c1-24-14(20-22-23-24)9-3-2-4-11(7-9)18-15(25)21-19-13-6-5-10(17)8-12(13)16/h2-8,19H,1H3,(H2,18,21,25). The van der Waals surface area contributed by atoms with Gasteiger partial charge in [0.2, 0.25) is 0 Å². The summed E-state index contributed by atoms with van der Waals surface area (Å²) in [5.74, 6) is 0.203. The van der Waals surface area contributed by atoms with Crippen molar-refractivity contribution in [2.45, 2.75) is 0 Å². The van der Waals surface area contributed by atoms with Crippen LogP contribution in [-0.4, -0.2) is 26.2 Å². The molecule has 0 aliphatic rings. The number of halogens is 2. The van der Waals surface area contributed by atoms with Gasteiger partial charge in [0.25, 0.3) is 0 Å². The molecule has 0 atom stereocenters. The van der Waals surface area contributed by atoms with Crippen LogP contribution in [0.3, 0.4) is 0 Å². The van der Waals surface area contributed by atoms with E-state index in [-0.39, 0.29) is 5.82 Å². The summed E-state index contributed by atoms with van der Waals surface area (Å²) in [6.07, 6.45) is 0. The maximum absolute atomic E-state index is 13.0. The molecule has 0 bridgehead atoms. The van der Waals surface area contributed by atoms with Crippen molar-refractivity contribution in [2.24, 2.45) is 7.05 Å². The van der Waals surface area contributed by atoms with Gasteiger partial charge in [-0.1, -0.05) is 12.1 Å². The minimum atomic E-state index is -0.482. The Labute approximate surface area is 150 Å². The fourth-order valence-corrected chi connectivity index (χ4v) is 2.54. The number of carbonyl (C=O) groups excluding carboxylic acids is 1. The molecule has 0 aliphatic carbocycles. The second-order valence-corrected chi connectivity index (χ2v) is 5.89. The molecule has 1 aromatic heterocycles. The van der Waals surface area contributed by atoms with Crippen LogP contribution in [0, 0.1) is 5.82 Å². The number of aryl methyl sites for hydroxylation is 1. The molecule has 0 saturated heterocycles. The monoisotopic (exact) mass is 405 g/mol. The fraction of sp³-hybridized carbons (Fsp3) is 0.0667. The number of tetrazole rings is 1. The van der Waals surface area contributed by atoms with Gasteiger partial charge in [-0.05, 0) is 56.7 Å². The number of aromatic nitrogens is 4. The molecule has 2 aromatic carbocycles. The summed E-state index contributed by atoms with van der Waals surface area (Å²) >= 11 is 3.21. The van der Waals surface area contributed by atoms with Gasteiger partial charge in [-0.15, -0.1) is 5.10 Å². The summed E-state index contributed by atoms with van der Waals surface area (Å²) < 4.78 is 15.1. The van der Waals surface area contributed by atoms with E-state index in [0.29, 0.717) is 21.7 Å². The van der Waals surface area contributed by atoms with Gasteiger partial charge < -0.3 is 5.32 Å². The van der Waals surface area contributed by atoms with Crippen molar-refractivity contribution in [2.75, 3.05) is 10.7 Å². The molecule has 0 saturated carbocycles. The molecule has 1 heterocycles. The van der Waals surface area contributed by atoms with Crippen molar-refractivity contribution >= 4 is 33.3 Å². The highest BCUT2D eigenvalue weighted by Gasteiger charge is 2.08. The largest absolute Gasteiger partial charge is 0.337 e. The smallest absolute Gasteiger partial charge is 0.307 e. The predicted molar refractivity (Wildman–Crippen MR) is 94.1 cm³/mol. The average Bonchev–Trinajstić information content (AvgIpc) is 3.00. The molecule has 0 aliphatic heterocycles. The second kappa shape index (κ2) is 7.26. The molecule has 0 unspecified atom stereocenters. The summed E-state index contributed by atoms with van der Waals surface area (Å²) in [7, 11) is 1.73. The number of amides is 2. The van der Waals surface area contributed by atoms with Crippen LogP contribution < -0.4 is 16.2 Å². The highest BCUT2D eigenvalue weighted by molar-refractivity contribution is 9.10. The molecule has 2 amide bonds. The molecule has 3 N–H and O–H groups in total. The van der Waals surface area contributed by atoms with E-state index >= 15 is 0 Å². The molecule has 8 nitrogen and oxygen atoms in total. The first-order valence-corrected chi connectivity index (χ1v) is 7.93.